The van der Waals surface area contributed by atoms with E-state index in [9.17, 15) is 9.59 Å². The van der Waals surface area contributed by atoms with Gasteiger partial charge in [-0.3, -0.25) is 9.59 Å². The van der Waals surface area contributed by atoms with E-state index >= 15 is 0 Å². The van der Waals surface area contributed by atoms with Gasteiger partial charge in [0.05, 0.1) is 39.5 Å². The Morgan fingerprint density at radius 1 is 0.893 bits per heavy atom. The topological polar surface area (TPSA) is 83.1 Å². The van der Waals surface area contributed by atoms with Crippen molar-refractivity contribution in [1.29, 1.82) is 0 Å². The Morgan fingerprint density at radius 2 is 1.50 bits per heavy atom. The van der Waals surface area contributed by atoms with E-state index in [4.69, 9.17) is 18.9 Å². The molecule has 0 saturated heterocycles. The van der Waals surface area contributed by atoms with E-state index < -0.39 is 0 Å². The van der Waals surface area contributed by atoms with Crippen molar-refractivity contribution < 1.29 is 28.5 Å². The van der Waals surface area contributed by atoms with Crippen molar-refractivity contribution in [3.63, 3.8) is 0 Å². The van der Waals surface area contributed by atoms with Crippen molar-refractivity contribution >= 4 is 11.9 Å². The molecular formula is C21H33NO6. The van der Waals surface area contributed by atoms with Crippen LogP contribution < -0.4 is 5.32 Å². The molecule has 0 spiro atoms. The minimum atomic E-state index is -0.289. The van der Waals surface area contributed by atoms with Gasteiger partial charge < -0.3 is 24.3 Å². The van der Waals surface area contributed by atoms with Crippen LogP contribution in [-0.4, -0.2) is 58.1 Å². The fraction of sp³-hybridized carbons (Fsp3) is 0.619. The normalized spacial score (nSPS) is 11.2. The molecule has 1 aromatic rings. The SMILES string of the molecule is CC(C)(C)CNC(=O)COCCOCCOCCC(=O)OCc1ccccc1. The second-order valence-electron chi connectivity index (χ2n) is 7.51. The fourth-order valence-electron chi connectivity index (χ4n) is 1.99. The lowest BCUT2D eigenvalue weighted by Gasteiger charge is -2.18. The summed E-state index contributed by atoms with van der Waals surface area (Å²) < 4.78 is 21.1. The molecule has 1 N–H and O–H groups in total. The third kappa shape index (κ3) is 14.1. The largest absolute Gasteiger partial charge is 0.461 e. The van der Waals surface area contributed by atoms with Gasteiger partial charge in [0.1, 0.15) is 13.2 Å². The van der Waals surface area contributed by atoms with E-state index in [1.165, 1.54) is 0 Å². The monoisotopic (exact) mass is 395 g/mol. The molecule has 1 rings (SSSR count). The molecule has 0 aliphatic heterocycles. The summed E-state index contributed by atoms with van der Waals surface area (Å²) in [4.78, 5) is 23.1. The molecule has 0 fully saturated rings. The van der Waals surface area contributed by atoms with E-state index in [2.05, 4.69) is 26.1 Å². The summed E-state index contributed by atoms with van der Waals surface area (Å²) in [5.74, 6) is -0.416. The third-order valence-corrected chi connectivity index (χ3v) is 3.49. The number of benzene rings is 1. The molecule has 0 aliphatic carbocycles. The molecule has 0 unspecified atom stereocenters. The maximum absolute atomic E-state index is 11.6. The van der Waals surface area contributed by atoms with Gasteiger partial charge >= 0.3 is 5.97 Å². The average molecular weight is 395 g/mol. The van der Waals surface area contributed by atoms with Gasteiger partial charge in [0.2, 0.25) is 5.91 Å². The molecule has 0 atom stereocenters. The molecule has 0 bridgehead atoms. The predicted octanol–water partition coefficient (Wildman–Crippen LogP) is 2.33. The van der Waals surface area contributed by atoms with Gasteiger partial charge in [-0.25, -0.2) is 0 Å². The van der Waals surface area contributed by atoms with Crippen LogP contribution in [0.4, 0.5) is 0 Å². The van der Waals surface area contributed by atoms with Crippen molar-refractivity contribution in [2.45, 2.75) is 33.8 Å². The van der Waals surface area contributed by atoms with Crippen LogP contribution in [0.2, 0.25) is 0 Å². The molecule has 0 radical (unpaired) electrons. The fourth-order valence-corrected chi connectivity index (χ4v) is 1.99. The number of carbonyl (C=O) groups excluding carboxylic acids is 2. The zero-order valence-corrected chi connectivity index (χ0v) is 17.2. The number of carbonyl (C=O) groups is 2. The summed E-state index contributed by atoms with van der Waals surface area (Å²) in [7, 11) is 0. The maximum Gasteiger partial charge on any atom is 0.308 e. The number of rotatable bonds is 14. The zero-order chi connectivity index (χ0) is 20.7. The third-order valence-electron chi connectivity index (χ3n) is 3.49. The smallest absolute Gasteiger partial charge is 0.308 e. The molecule has 0 aliphatic rings. The quantitative estimate of drug-likeness (QED) is 0.385. The molecule has 0 saturated carbocycles. The van der Waals surface area contributed by atoms with E-state index in [1.54, 1.807) is 0 Å². The lowest BCUT2D eigenvalue weighted by atomic mass is 9.97. The first kappa shape index (κ1) is 24.1. The Balaban J connectivity index is 1.86. The molecule has 1 amide bonds. The average Bonchev–Trinajstić information content (AvgIpc) is 2.66. The van der Waals surface area contributed by atoms with Crippen LogP contribution in [0.3, 0.4) is 0 Å². The Labute approximate surface area is 167 Å². The molecule has 0 aromatic heterocycles. The van der Waals surface area contributed by atoms with Gasteiger partial charge in [0, 0.05) is 6.54 Å². The van der Waals surface area contributed by atoms with Crippen LogP contribution in [0.1, 0.15) is 32.8 Å². The second kappa shape index (κ2) is 14.1. The highest BCUT2D eigenvalue weighted by Crippen LogP contribution is 2.09. The maximum atomic E-state index is 11.6. The van der Waals surface area contributed by atoms with E-state index in [-0.39, 0.29) is 36.9 Å². The van der Waals surface area contributed by atoms with Crippen LogP contribution in [0, 0.1) is 5.41 Å². The number of hydrogen-bond acceptors (Lipinski definition) is 6. The highest BCUT2D eigenvalue weighted by atomic mass is 16.5. The standard InChI is InChI=1S/C21H33NO6/c1-21(2,3)17-22-19(23)16-27-14-13-26-12-11-25-10-9-20(24)28-15-18-7-5-4-6-8-18/h4-8H,9-17H2,1-3H3,(H,22,23). The zero-order valence-electron chi connectivity index (χ0n) is 17.2. The van der Waals surface area contributed by atoms with E-state index in [0.717, 1.165) is 5.56 Å². The van der Waals surface area contributed by atoms with Crippen molar-refractivity contribution in [3.8, 4) is 0 Å². The van der Waals surface area contributed by atoms with Gasteiger partial charge in [-0.15, -0.1) is 0 Å². The number of ether oxygens (including phenoxy) is 4. The lowest BCUT2D eigenvalue weighted by Crippen LogP contribution is -2.34. The molecule has 158 valence electrons. The predicted molar refractivity (Wildman–Crippen MR) is 106 cm³/mol. The van der Waals surface area contributed by atoms with E-state index in [0.29, 0.717) is 39.6 Å². The summed E-state index contributed by atoms with van der Waals surface area (Å²) in [5, 5.41) is 2.81. The van der Waals surface area contributed by atoms with Crippen LogP contribution in [0.5, 0.6) is 0 Å². The first-order chi connectivity index (χ1) is 13.4. The van der Waals surface area contributed by atoms with Crippen LogP contribution in [0.15, 0.2) is 30.3 Å². The van der Waals surface area contributed by atoms with Gasteiger partial charge in [0.25, 0.3) is 0 Å². The number of amides is 1. The van der Waals surface area contributed by atoms with Gasteiger partial charge in [-0.1, -0.05) is 51.1 Å². The lowest BCUT2D eigenvalue weighted by molar-refractivity contribution is -0.146. The highest BCUT2D eigenvalue weighted by molar-refractivity contribution is 5.77. The number of esters is 1. The van der Waals surface area contributed by atoms with Gasteiger partial charge in [0.15, 0.2) is 0 Å². The molecule has 7 nitrogen and oxygen atoms in total. The van der Waals surface area contributed by atoms with Crippen molar-refractivity contribution in [3.05, 3.63) is 35.9 Å². The number of nitrogens with one attached hydrogen (secondary N) is 1. The minimum Gasteiger partial charge on any atom is -0.461 e. The first-order valence-corrected chi connectivity index (χ1v) is 9.56. The molecule has 0 heterocycles. The summed E-state index contributed by atoms with van der Waals surface area (Å²) >= 11 is 0. The summed E-state index contributed by atoms with van der Waals surface area (Å²) in [6.45, 7) is 8.88. The van der Waals surface area contributed by atoms with Crippen LogP contribution in [-0.2, 0) is 35.1 Å². The molecular weight excluding hydrogens is 362 g/mol. The number of hydrogen-bond donors (Lipinski definition) is 1. The van der Waals surface area contributed by atoms with Crippen molar-refractivity contribution in [1.82, 2.24) is 5.32 Å². The highest BCUT2D eigenvalue weighted by Gasteiger charge is 2.11. The van der Waals surface area contributed by atoms with Gasteiger partial charge in [-0.05, 0) is 11.0 Å². The second-order valence-corrected chi connectivity index (χ2v) is 7.51. The Hall–Kier alpha value is -1.96. The summed E-state index contributed by atoms with van der Waals surface area (Å²) in [6, 6.07) is 9.53. The Bertz CT molecular complexity index is 556. The minimum absolute atomic E-state index is 0.0288. The van der Waals surface area contributed by atoms with Crippen LogP contribution >= 0.6 is 0 Å². The summed E-state index contributed by atoms with van der Waals surface area (Å²) in [5.41, 5.74) is 1.01. The van der Waals surface area contributed by atoms with Crippen molar-refractivity contribution in [2.24, 2.45) is 5.41 Å². The first-order valence-electron chi connectivity index (χ1n) is 9.56. The molecule has 28 heavy (non-hydrogen) atoms. The summed E-state index contributed by atoms with van der Waals surface area (Å²) in [6.07, 6.45) is 0.208. The Kier molecular flexibility index (Phi) is 12.1. The van der Waals surface area contributed by atoms with E-state index in [1.807, 2.05) is 30.3 Å². The molecule has 7 heteroatoms. The Morgan fingerprint density at radius 3 is 2.14 bits per heavy atom. The molecule has 1 aromatic carbocycles. The van der Waals surface area contributed by atoms with Gasteiger partial charge in [-0.2, -0.15) is 0 Å². The van der Waals surface area contributed by atoms with Crippen LogP contribution in [0.25, 0.3) is 0 Å². The van der Waals surface area contributed by atoms with Crippen molar-refractivity contribution in [2.75, 3.05) is 46.2 Å².